The van der Waals surface area contributed by atoms with Crippen LogP contribution in [0.2, 0.25) is 0 Å². The van der Waals surface area contributed by atoms with E-state index in [4.69, 9.17) is 4.74 Å². The van der Waals surface area contributed by atoms with Gasteiger partial charge in [-0.15, -0.1) is 0 Å². The van der Waals surface area contributed by atoms with Gasteiger partial charge in [-0.25, -0.2) is 0 Å². The van der Waals surface area contributed by atoms with Gasteiger partial charge in [0.25, 0.3) is 11.8 Å². The molecule has 2 rings (SSSR count). The Morgan fingerprint density at radius 3 is 2.28 bits per heavy atom. The highest BCUT2D eigenvalue weighted by Crippen LogP contribution is 2.22. The van der Waals surface area contributed by atoms with Gasteiger partial charge in [0, 0.05) is 12.6 Å². The SMILES string of the molecule is CC(=O)O[C@@H](C)C(=O)Nc1cccc(C)c1C(=O)Nc1ccccc1. The summed E-state index contributed by atoms with van der Waals surface area (Å²) >= 11 is 0. The van der Waals surface area contributed by atoms with E-state index in [1.165, 1.54) is 13.8 Å². The summed E-state index contributed by atoms with van der Waals surface area (Å²) < 4.78 is 4.86. The molecule has 0 saturated carbocycles. The average Bonchev–Trinajstić information content (AvgIpc) is 2.55. The lowest BCUT2D eigenvalue weighted by molar-refractivity contribution is -0.150. The van der Waals surface area contributed by atoms with Crippen LogP contribution in [0.25, 0.3) is 0 Å². The van der Waals surface area contributed by atoms with Crippen molar-refractivity contribution in [2.75, 3.05) is 10.6 Å². The number of hydrogen-bond donors (Lipinski definition) is 2. The first kappa shape index (κ1) is 18.2. The number of nitrogens with one attached hydrogen (secondary N) is 2. The zero-order valence-corrected chi connectivity index (χ0v) is 14.3. The fourth-order valence-electron chi connectivity index (χ4n) is 2.33. The summed E-state index contributed by atoms with van der Waals surface area (Å²) in [4.78, 5) is 35.8. The highest BCUT2D eigenvalue weighted by molar-refractivity contribution is 6.11. The van der Waals surface area contributed by atoms with Crippen molar-refractivity contribution < 1.29 is 19.1 Å². The highest BCUT2D eigenvalue weighted by Gasteiger charge is 2.20. The lowest BCUT2D eigenvalue weighted by Gasteiger charge is -2.16. The van der Waals surface area contributed by atoms with E-state index in [9.17, 15) is 14.4 Å². The molecule has 2 N–H and O–H groups in total. The maximum Gasteiger partial charge on any atom is 0.303 e. The first-order valence-corrected chi connectivity index (χ1v) is 7.82. The zero-order chi connectivity index (χ0) is 18.4. The minimum absolute atomic E-state index is 0.334. The van der Waals surface area contributed by atoms with Crippen LogP contribution in [0, 0.1) is 6.92 Å². The first-order valence-electron chi connectivity index (χ1n) is 7.82. The monoisotopic (exact) mass is 340 g/mol. The molecule has 1 atom stereocenters. The summed E-state index contributed by atoms with van der Waals surface area (Å²) in [7, 11) is 0. The summed E-state index contributed by atoms with van der Waals surface area (Å²) in [6.07, 6.45) is -0.956. The van der Waals surface area contributed by atoms with Gasteiger partial charge in [0.2, 0.25) is 0 Å². The van der Waals surface area contributed by atoms with Gasteiger partial charge < -0.3 is 15.4 Å². The maximum atomic E-state index is 12.6. The number of rotatable bonds is 5. The van der Waals surface area contributed by atoms with Gasteiger partial charge >= 0.3 is 5.97 Å². The predicted molar refractivity (Wildman–Crippen MR) is 95.4 cm³/mol. The predicted octanol–water partition coefficient (Wildman–Crippen LogP) is 3.14. The van der Waals surface area contributed by atoms with Crippen LogP contribution >= 0.6 is 0 Å². The summed E-state index contributed by atoms with van der Waals surface area (Å²) in [5, 5.41) is 5.44. The van der Waals surface area contributed by atoms with E-state index in [-0.39, 0.29) is 5.91 Å². The van der Waals surface area contributed by atoms with Crippen LogP contribution in [0.5, 0.6) is 0 Å². The third kappa shape index (κ3) is 4.91. The number of anilines is 2. The van der Waals surface area contributed by atoms with E-state index in [2.05, 4.69) is 10.6 Å². The molecule has 6 nitrogen and oxygen atoms in total. The Balaban J connectivity index is 2.22. The van der Waals surface area contributed by atoms with E-state index in [1.807, 2.05) is 18.2 Å². The quantitative estimate of drug-likeness (QED) is 0.819. The minimum atomic E-state index is -0.956. The van der Waals surface area contributed by atoms with Crippen molar-refractivity contribution in [2.24, 2.45) is 0 Å². The molecule has 130 valence electrons. The molecule has 0 fully saturated rings. The molecule has 0 bridgehead atoms. The Hall–Kier alpha value is -3.15. The number of carbonyl (C=O) groups is 3. The molecule has 0 spiro atoms. The van der Waals surface area contributed by atoms with Gasteiger partial charge in [-0.1, -0.05) is 30.3 Å². The molecular formula is C19H20N2O4. The zero-order valence-electron chi connectivity index (χ0n) is 14.3. The fraction of sp³-hybridized carbons (Fsp3) is 0.211. The number of amides is 2. The van der Waals surface area contributed by atoms with Gasteiger partial charge in [0.15, 0.2) is 6.10 Å². The second kappa shape index (κ2) is 8.10. The van der Waals surface area contributed by atoms with Gasteiger partial charge in [0.1, 0.15) is 0 Å². The molecule has 0 aliphatic carbocycles. The van der Waals surface area contributed by atoms with Crippen LogP contribution < -0.4 is 10.6 Å². The summed E-state index contributed by atoms with van der Waals surface area (Å²) in [5.41, 5.74) is 2.08. The Morgan fingerprint density at radius 1 is 0.960 bits per heavy atom. The topological polar surface area (TPSA) is 84.5 Å². The molecule has 0 heterocycles. The lowest BCUT2D eigenvalue weighted by atomic mass is 10.1. The van der Waals surface area contributed by atoms with E-state index in [0.29, 0.717) is 22.5 Å². The second-order valence-electron chi connectivity index (χ2n) is 5.56. The van der Waals surface area contributed by atoms with Gasteiger partial charge in [-0.05, 0) is 37.6 Å². The van der Waals surface area contributed by atoms with Crippen molar-refractivity contribution in [1.29, 1.82) is 0 Å². The van der Waals surface area contributed by atoms with Crippen molar-refractivity contribution in [3.63, 3.8) is 0 Å². The number of carbonyl (C=O) groups excluding carboxylic acids is 3. The molecule has 6 heteroatoms. The average molecular weight is 340 g/mol. The maximum absolute atomic E-state index is 12.6. The van der Waals surface area contributed by atoms with E-state index < -0.39 is 18.0 Å². The normalized spacial score (nSPS) is 11.3. The van der Waals surface area contributed by atoms with Gasteiger partial charge in [-0.3, -0.25) is 14.4 Å². The summed E-state index contributed by atoms with van der Waals surface area (Å²) in [5.74, 6) is -1.39. The minimum Gasteiger partial charge on any atom is -0.453 e. The molecule has 0 aliphatic heterocycles. The van der Waals surface area contributed by atoms with Crippen molar-refractivity contribution in [1.82, 2.24) is 0 Å². The molecule has 0 saturated heterocycles. The molecule has 2 aromatic rings. The number of benzene rings is 2. The largest absolute Gasteiger partial charge is 0.453 e. The Bertz CT molecular complexity index is 787. The van der Waals surface area contributed by atoms with Crippen LogP contribution in [0.15, 0.2) is 48.5 Å². The van der Waals surface area contributed by atoms with Crippen molar-refractivity contribution in [2.45, 2.75) is 26.9 Å². The van der Waals surface area contributed by atoms with Crippen molar-refractivity contribution in [3.05, 3.63) is 59.7 Å². The number of aryl methyl sites for hydroxylation is 1. The molecule has 25 heavy (non-hydrogen) atoms. The summed E-state index contributed by atoms with van der Waals surface area (Å²) in [6.45, 7) is 4.48. The van der Waals surface area contributed by atoms with Crippen LogP contribution in [0.1, 0.15) is 29.8 Å². The number of para-hydroxylation sites is 1. The third-order valence-electron chi connectivity index (χ3n) is 3.50. The van der Waals surface area contributed by atoms with Crippen LogP contribution in [-0.4, -0.2) is 23.9 Å². The smallest absolute Gasteiger partial charge is 0.303 e. The van der Waals surface area contributed by atoms with Crippen molar-refractivity contribution >= 4 is 29.2 Å². The molecule has 0 aromatic heterocycles. The highest BCUT2D eigenvalue weighted by atomic mass is 16.5. The van der Waals surface area contributed by atoms with E-state index in [1.54, 1.807) is 37.3 Å². The lowest BCUT2D eigenvalue weighted by Crippen LogP contribution is -2.30. The first-order chi connectivity index (χ1) is 11.9. The fourth-order valence-corrected chi connectivity index (χ4v) is 2.33. The molecule has 2 amide bonds. The number of ether oxygens (including phenoxy) is 1. The number of esters is 1. The van der Waals surface area contributed by atoms with E-state index in [0.717, 1.165) is 0 Å². The Labute approximate surface area is 146 Å². The second-order valence-corrected chi connectivity index (χ2v) is 5.56. The summed E-state index contributed by atoms with van der Waals surface area (Å²) in [6, 6.07) is 14.2. The Kier molecular flexibility index (Phi) is 5.89. The van der Waals surface area contributed by atoms with Crippen LogP contribution in [0.4, 0.5) is 11.4 Å². The van der Waals surface area contributed by atoms with Crippen molar-refractivity contribution in [3.8, 4) is 0 Å². The molecular weight excluding hydrogens is 320 g/mol. The van der Waals surface area contributed by atoms with E-state index >= 15 is 0 Å². The van der Waals surface area contributed by atoms with Gasteiger partial charge in [-0.2, -0.15) is 0 Å². The van der Waals surface area contributed by atoms with Crippen LogP contribution in [-0.2, 0) is 14.3 Å². The third-order valence-corrected chi connectivity index (χ3v) is 3.50. The Morgan fingerprint density at radius 2 is 1.64 bits per heavy atom. The standard InChI is InChI=1S/C19H20N2O4/c1-12-8-7-11-16(21-18(23)13(2)25-14(3)22)17(12)19(24)20-15-9-5-4-6-10-15/h4-11,13H,1-3H3,(H,20,24)(H,21,23)/t13-/m0/s1. The van der Waals surface area contributed by atoms with Gasteiger partial charge in [0.05, 0.1) is 11.3 Å². The molecule has 2 aromatic carbocycles. The molecule has 0 aliphatic rings. The molecule has 0 unspecified atom stereocenters. The number of hydrogen-bond acceptors (Lipinski definition) is 4. The molecule has 0 radical (unpaired) electrons. The van der Waals surface area contributed by atoms with Crippen LogP contribution in [0.3, 0.4) is 0 Å².